The van der Waals surface area contributed by atoms with E-state index in [9.17, 15) is 9.59 Å². The molecule has 1 aromatic rings. The lowest BCUT2D eigenvalue weighted by Gasteiger charge is -2.08. The Morgan fingerprint density at radius 2 is 1.57 bits per heavy atom. The van der Waals surface area contributed by atoms with E-state index in [1.165, 1.54) is 18.2 Å². The molecule has 0 fully saturated rings. The summed E-state index contributed by atoms with van der Waals surface area (Å²) in [5.74, 6) is -0.895. The molecule has 0 aromatic heterocycles. The number of benzene rings is 1. The third-order valence-electron chi connectivity index (χ3n) is 2.97. The second kappa shape index (κ2) is 9.00. The van der Waals surface area contributed by atoms with Crippen LogP contribution in [-0.4, -0.2) is 25.2 Å². The van der Waals surface area contributed by atoms with E-state index in [1.54, 1.807) is 0 Å². The molecular weight excluding hydrogens is 270 g/mol. The van der Waals surface area contributed by atoms with Crippen LogP contribution in [0.2, 0.25) is 0 Å². The van der Waals surface area contributed by atoms with Gasteiger partial charge in [0.1, 0.15) is 0 Å². The molecule has 0 saturated heterocycles. The Morgan fingerprint density at radius 1 is 1.00 bits per heavy atom. The lowest BCUT2D eigenvalue weighted by Crippen LogP contribution is -2.11. The summed E-state index contributed by atoms with van der Waals surface area (Å²) < 4.78 is 10.2. The van der Waals surface area contributed by atoms with Crippen LogP contribution in [0.5, 0.6) is 0 Å². The molecule has 0 radical (unpaired) electrons. The fraction of sp³-hybridized carbons (Fsp3) is 0.500. The highest BCUT2D eigenvalue weighted by molar-refractivity contribution is 5.98. The molecule has 0 aliphatic carbocycles. The average Bonchev–Trinajstić information content (AvgIpc) is 2.47. The number of nitrogens with two attached hydrogens (primary N) is 1. The molecule has 2 N–H and O–H groups in total. The standard InChI is InChI=1S/C16H23NO4/c1-3-5-9-20-15(18)12-7-8-13(14(17)11-12)16(19)21-10-6-4-2/h7-8,11H,3-6,9-10,17H2,1-2H3. The van der Waals surface area contributed by atoms with Crippen LogP contribution in [0, 0.1) is 0 Å². The first kappa shape index (κ1) is 17.0. The van der Waals surface area contributed by atoms with Gasteiger partial charge in [0.15, 0.2) is 0 Å². The van der Waals surface area contributed by atoms with E-state index < -0.39 is 11.9 Å². The van der Waals surface area contributed by atoms with E-state index in [-0.39, 0.29) is 11.3 Å². The van der Waals surface area contributed by atoms with Gasteiger partial charge in [-0.1, -0.05) is 26.7 Å². The SMILES string of the molecule is CCCCOC(=O)c1ccc(C(=O)OCCCC)c(N)c1. The minimum atomic E-state index is -0.466. The van der Waals surface area contributed by atoms with Crippen molar-refractivity contribution >= 4 is 17.6 Å². The van der Waals surface area contributed by atoms with Gasteiger partial charge in [0.05, 0.1) is 24.3 Å². The third kappa shape index (κ3) is 5.45. The molecular formula is C16H23NO4. The Balaban J connectivity index is 2.66. The fourth-order valence-corrected chi connectivity index (χ4v) is 1.66. The van der Waals surface area contributed by atoms with Crippen LogP contribution >= 0.6 is 0 Å². The summed E-state index contributed by atoms with van der Waals surface area (Å²) in [7, 11) is 0. The number of hydrogen-bond donors (Lipinski definition) is 1. The van der Waals surface area contributed by atoms with E-state index in [2.05, 4.69) is 0 Å². The second-order valence-electron chi connectivity index (χ2n) is 4.78. The summed E-state index contributed by atoms with van der Waals surface area (Å²) in [5, 5.41) is 0. The fourth-order valence-electron chi connectivity index (χ4n) is 1.66. The lowest BCUT2D eigenvalue weighted by atomic mass is 10.1. The zero-order valence-corrected chi connectivity index (χ0v) is 12.7. The van der Waals surface area contributed by atoms with Crippen molar-refractivity contribution in [2.24, 2.45) is 0 Å². The van der Waals surface area contributed by atoms with Gasteiger partial charge < -0.3 is 15.2 Å². The van der Waals surface area contributed by atoms with Gasteiger partial charge in [-0.3, -0.25) is 0 Å². The van der Waals surface area contributed by atoms with Crippen molar-refractivity contribution in [3.8, 4) is 0 Å². The van der Waals surface area contributed by atoms with Crippen LogP contribution in [-0.2, 0) is 9.47 Å². The molecule has 5 nitrogen and oxygen atoms in total. The van der Waals surface area contributed by atoms with Crippen molar-refractivity contribution < 1.29 is 19.1 Å². The molecule has 0 aliphatic rings. The van der Waals surface area contributed by atoms with Crippen molar-refractivity contribution in [1.29, 1.82) is 0 Å². The number of carbonyl (C=O) groups excluding carboxylic acids is 2. The van der Waals surface area contributed by atoms with Gasteiger partial charge in [-0.25, -0.2) is 9.59 Å². The van der Waals surface area contributed by atoms with Crippen LogP contribution in [0.15, 0.2) is 18.2 Å². The number of unbranched alkanes of at least 4 members (excludes halogenated alkanes) is 2. The number of ether oxygens (including phenoxy) is 2. The largest absolute Gasteiger partial charge is 0.462 e. The van der Waals surface area contributed by atoms with Crippen LogP contribution in [0.3, 0.4) is 0 Å². The number of carbonyl (C=O) groups is 2. The first-order valence-corrected chi connectivity index (χ1v) is 7.33. The smallest absolute Gasteiger partial charge is 0.340 e. The Labute approximate surface area is 125 Å². The number of hydrogen-bond acceptors (Lipinski definition) is 5. The summed E-state index contributed by atoms with van der Waals surface area (Å²) in [6.45, 7) is 4.79. The van der Waals surface area contributed by atoms with Crippen LogP contribution in [0.25, 0.3) is 0 Å². The second-order valence-corrected chi connectivity index (χ2v) is 4.78. The monoisotopic (exact) mass is 293 g/mol. The highest BCUT2D eigenvalue weighted by Crippen LogP contribution is 2.16. The zero-order chi connectivity index (χ0) is 15.7. The van der Waals surface area contributed by atoms with Crippen molar-refractivity contribution in [3.05, 3.63) is 29.3 Å². The molecule has 1 rings (SSSR count). The summed E-state index contributed by atoms with van der Waals surface area (Å²) in [6, 6.07) is 4.48. The Kier molecular flexibility index (Phi) is 7.29. The van der Waals surface area contributed by atoms with Crippen LogP contribution < -0.4 is 5.73 Å². The maximum atomic E-state index is 11.8. The van der Waals surface area contributed by atoms with Gasteiger partial charge in [0.25, 0.3) is 0 Å². The predicted molar refractivity (Wildman–Crippen MR) is 81.2 cm³/mol. The van der Waals surface area contributed by atoms with Crippen LogP contribution in [0.1, 0.15) is 60.2 Å². The molecule has 0 heterocycles. The van der Waals surface area contributed by atoms with E-state index in [0.29, 0.717) is 18.8 Å². The average molecular weight is 293 g/mol. The number of esters is 2. The first-order chi connectivity index (χ1) is 10.1. The van der Waals surface area contributed by atoms with Crippen molar-refractivity contribution in [2.75, 3.05) is 18.9 Å². The molecule has 0 bridgehead atoms. The van der Waals surface area contributed by atoms with Crippen molar-refractivity contribution in [3.63, 3.8) is 0 Å². The Bertz CT molecular complexity index is 485. The normalized spacial score (nSPS) is 10.2. The van der Waals surface area contributed by atoms with E-state index >= 15 is 0 Å². The molecule has 1 aromatic carbocycles. The number of anilines is 1. The van der Waals surface area contributed by atoms with Gasteiger partial charge in [0, 0.05) is 5.69 Å². The summed E-state index contributed by atoms with van der Waals surface area (Å²) in [6.07, 6.45) is 3.54. The lowest BCUT2D eigenvalue weighted by molar-refractivity contribution is 0.0486. The van der Waals surface area contributed by atoms with Crippen molar-refractivity contribution in [2.45, 2.75) is 39.5 Å². The van der Waals surface area contributed by atoms with Gasteiger partial charge >= 0.3 is 11.9 Å². The van der Waals surface area contributed by atoms with Gasteiger partial charge in [-0.2, -0.15) is 0 Å². The molecule has 0 aliphatic heterocycles. The molecule has 0 spiro atoms. The zero-order valence-electron chi connectivity index (χ0n) is 12.7. The number of rotatable bonds is 8. The summed E-state index contributed by atoms with van der Waals surface area (Å²) in [4.78, 5) is 23.6. The Hall–Kier alpha value is -2.04. The predicted octanol–water partition coefficient (Wildman–Crippen LogP) is 3.18. The highest BCUT2D eigenvalue weighted by atomic mass is 16.5. The van der Waals surface area contributed by atoms with Gasteiger partial charge in [0.2, 0.25) is 0 Å². The molecule has 5 heteroatoms. The molecule has 116 valence electrons. The first-order valence-electron chi connectivity index (χ1n) is 7.33. The molecule has 0 amide bonds. The topological polar surface area (TPSA) is 78.6 Å². The Morgan fingerprint density at radius 3 is 2.10 bits per heavy atom. The maximum absolute atomic E-state index is 11.8. The summed E-state index contributed by atoms with van der Waals surface area (Å²) >= 11 is 0. The van der Waals surface area contributed by atoms with E-state index in [0.717, 1.165) is 25.7 Å². The minimum Gasteiger partial charge on any atom is -0.462 e. The number of nitrogen functional groups attached to an aromatic ring is 1. The minimum absolute atomic E-state index is 0.224. The van der Waals surface area contributed by atoms with Crippen LogP contribution in [0.4, 0.5) is 5.69 Å². The van der Waals surface area contributed by atoms with E-state index in [4.69, 9.17) is 15.2 Å². The third-order valence-corrected chi connectivity index (χ3v) is 2.97. The maximum Gasteiger partial charge on any atom is 0.340 e. The quantitative estimate of drug-likeness (QED) is 0.452. The summed E-state index contributed by atoms with van der Waals surface area (Å²) in [5.41, 5.74) is 6.65. The molecule has 0 unspecified atom stereocenters. The van der Waals surface area contributed by atoms with Gasteiger partial charge in [-0.15, -0.1) is 0 Å². The molecule has 21 heavy (non-hydrogen) atoms. The van der Waals surface area contributed by atoms with Gasteiger partial charge in [-0.05, 0) is 31.0 Å². The highest BCUT2D eigenvalue weighted by Gasteiger charge is 2.14. The molecule has 0 atom stereocenters. The van der Waals surface area contributed by atoms with E-state index in [1.807, 2.05) is 13.8 Å². The van der Waals surface area contributed by atoms with Crippen molar-refractivity contribution in [1.82, 2.24) is 0 Å². The molecule has 0 saturated carbocycles.